The van der Waals surface area contributed by atoms with Crippen molar-refractivity contribution in [2.45, 2.75) is 13.8 Å². The maximum absolute atomic E-state index is 4.18. The summed E-state index contributed by atoms with van der Waals surface area (Å²) in [4.78, 5) is 8.28. The molecule has 0 aliphatic heterocycles. The van der Waals surface area contributed by atoms with Crippen molar-refractivity contribution >= 4 is 5.65 Å². The summed E-state index contributed by atoms with van der Waals surface area (Å²) in [6.45, 7) is 3.80. The summed E-state index contributed by atoms with van der Waals surface area (Å²) >= 11 is 0. The number of fused-ring (bicyclic) bond motifs is 1. The van der Waals surface area contributed by atoms with Crippen molar-refractivity contribution in [2.24, 2.45) is 0 Å². The number of aryl methyl sites for hydroxylation is 2. The normalized spacial score (nSPS) is 10.7. The second-order valence-electron chi connectivity index (χ2n) is 2.44. The van der Waals surface area contributed by atoms with Gasteiger partial charge in [0, 0.05) is 12.4 Å². The summed E-state index contributed by atoms with van der Waals surface area (Å²) in [6, 6.07) is 0. The summed E-state index contributed by atoms with van der Waals surface area (Å²) < 4.78 is 1.73. The minimum Gasteiger partial charge on any atom is -0.234 e. The monoisotopic (exact) mass is 148 g/mol. The average Bonchev–Trinajstić information content (AvgIpc) is 2.34. The topological polar surface area (TPSA) is 43.1 Å². The molecule has 0 aromatic carbocycles. The van der Waals surface area contributed by atoms with E-state index in [9.17, 15) is 0 Å². The zero-order valence-corrected chi connectivity index (χ0v) is 6.44. The molecule has 0 aliphatic carbocycles. The highest BCUT2D eigenvalue weighted by atomic mass is 15.3. The summed E-state index contributed by atoms with van der Waals surface area (Å²) in [5.74, 6) is 0.771. The van der Waals surface area contributed by atoms with Crippen LogP contribution in [0, 0.1) is 13.8 Å². The predicted octanol–water partition coefficient (Wildman–Crippen LogP) is 0.741. The molecule has 0 spiro atoms. The van der Waals surface area contributed by atoms with Gasteiger partial charge < -0.3 is 0 Å². The molecular weight excluding hydrogens is 140 g/mol. The van der Waals surface area contributed by atoms with Crippen molar-refractivity contribution in [2.75, 3.05) is 0 Å². The fraction of sp³-hybridized carbons (Fsp3) is 0.286. The van der Waals surface area contributed by atoms with Gasteiger partial charge in [0.05, 0.1) is 5.69 Å². The van der Waals surface area contributed by atoms with Crippen molar-refractivity contribution in [3.63, 3.8) is 0 Å². The Morgan fingerprint density at radius 1 is 1.36 bits per heavy atom. The van der Waals surface area contributed by atoms with E-state index in [2.05, 4.69) is 15.1 Å². The number of aromatic nitrogens is 4. The second-order valence-corrected chi connectivity index (χ2v) is 2.44. The van der Waals surface area contributed by atoms with E-state index in [4.69, 9.17) is 0 Å². The third-order valence-electron chi connectivity index (χ3n) is 1.53. The van der Waals surface area contributed by atoms with Gasteiger partial charge in [-0.2, -0.15) is 5.10 Å². The minimum atomic E-state index is 0.771. The van der Waals surface area contributed by atoms with Crippen molar-refractivity contribution in [3.8, 4) is 0 Å². The van der Waals surface area contributed by atoms with Gasteiger partial charge in [0.15, 0.2) is 5.65 Å². The van der Waals surface area contributed by atoms with Crippen molar-refractivity contribution in [1.82, 2.24) is 19.6 Å². The predicted molar refractivity (Wildman–Crippen MR) is 40.3 cm³/mol. The van der Waals surface area contributed by atoms with Crippen LogP contribution in [-0.2, 0) is 0 Å². The Bertz CT molecular complexity index is 390. The molecule has 2 rings (SSSR count). The van der Waals surface area contributed by atoms with E-state index in [0.717, 1.165) is 17.2 Å². The van der Waals surface area contributed by atoms with Gasteiger partial charge in [-0.15, -0.1) is 0 Å². The molecule has 2 aromatic heterocycles. The largest absolute Gasteiger partial charge is 0.234 e. The van der Waals surface area contributed by atoms with Crippen molar-refractivity contribution in [3.05, 3.63) is 23.9 Å². The maximum Gasteiger partial charge on any atom is 0.174 e. The molecule has 0 bridgehead atoms. The van der Waals surface area contributed by atoms with Gasteiger partial charge in [-0.05, 0) is 13.8 Å². The van der Waals surface area contributed by atoms with Gasteiger partial charge in [0.25, 0.3) is 0 Å². The first-order valence-electron chi connectivity index (χ1n) is 3.42. The third-order valence-corrected chi connectivity index (χ3v) is 1.53. The zero-order valence-electron chi connectivity index (χ0n) is 6.44. The summed E-state index contributed by atoms with van der Waals surface area (Å²) in [5.41, 5.74) is 1.75. The second kappa shape index (κ2) is 2.02. The van der Waals surface area contributed by atoms with E-state index < -0.39 is 0 Å². The summed E-state index contributed by atoms with van der Waals surface area (Å²) in [7, 11) is 0. The first-order chi connectivity index (χ1) is 5.27. The molecule has 0 N–H and O–H groups in total. The van der Waals surface area contributed by atoms with Gasteiger partial charge in [0.1, 0.15) is 5.82 Å². The van der Waals surface area contributed by atoms with Crippen LogP contribution in [0.25, 0.3) is 5.65 Å². The quantitative estimate of drug-likeness (QED) is 0.553. The van der Waals surface area contributed by atoms with Crippen molar-refractivity contribution < 1.29 is 0 Å². The first kappa shape index (κ1) is 6.27. The molecule has 0 fully saturated rings. The highest BCUT2D eigenvalue weighted by Gasteiger charge is 2.00. The van der Waals surface area contributed by atoms with Gasteiger partial charge in [0.2, 0.25) is 0 Å². The first-order valence-corrected chi connectivity index (χ1v) is 3.42. The van der Waals surface area contributed by atoms with E-state index in [1.807, 2.05) is 20.0 Å². The van der Waals surface area contributed by atoms with Crippen LogP contribution in [0.4, 0.5) is 0 Å². The van der Waals surface area contributed by atoms with Gasteiger partial charge in [-0.1, -0.05) is 0 Å². The van der Waals surface area contributed by atoms with Gasteiger partial charge in [-0.3, -0.25) is 0 Å². The van der Waals surface area contributed by atoms with Crippen LogP contribution in [0.1, 0.15) is 11.5 Å². The number of imidazole rings is 1. The lowest BCUT2D eigenvalue weighted by Crippen LogP contribution is -1.99. The molecule has 2 aromatic rings. The molecule has 4 heteroatoms. The summed E-state index contributed by atoms with van der Waals surface area (Å²) in [5, 5.41) is 4.14. The molecule has 0 amide bonds. The number of hydrogen-bond acceptors (Lipinski definition) is 3. The minimum absolute atomic E-state index is 0.771. The maximum atomic E-state index is 4.18. The number of hydrogen-bond donors (Lipinski definition) is 0. The Labute approximate surface area is 63.9 Å². The van der Waals surface area contributed by atoms with E-state index in [1.165, 1.54) is 0 Å². The molecule has 0 saturated heterocycles. The molecular formula is C7H8N4. The lowest BCUT2D eigenvalue weighted by atomic mass is 10.5. The molecule has 0 radical (unpaired) electrons. The molecule has 0 unspecified atom stereocenters. The fourth-order valence-corrected chi connectivity index (χ4v) is 1.11. The Hall–Kier alpha value is -1.45. The van der Waals surface area contributed by atoms with Crippen LogP contribution in [0.15, 0.2) is 12.4 Å². The van der Waals surface area contributed by atoms with Gasteiger partial charge in [-0.25, -0.2) is 14.5 Å². The molecule has 2 heterocycles. The van der Waals surface area contributed by atoms with E-state index in [1.54, 1.807) is 10.7 Å². The smallest absolute Gasteiger partial charge is 0.174 e. The highest BCUT2D eigenvalue weighted by molar-refractivity contribution is 5.40. The van der Waals surface area contributed by atoms with E-state index in [0.29, 0.717) is 0 Å². The Balaban J connectivity index is 2.91. The third kappa shape index (κ3) is 0.869. The highest BCUT2D eigenvalue weighted by Crippen LogP contribution is 2.02. The van der Waals surface area contributed by atoms with E-state index in [-0.39, 0.29) is 0 Å². The molecule has 11 heavy (non-hydrogen) atoms. The average molecular weight is 148 g/mol. The lowest BCUT2D eigenvalue weighted by molar-refractivity contribution is 0.836. The molecule has 56 valence electrons. The number of rotatable bonds is 0. The van der Waals surface area contributed by atoms with Crippen LogP contribution >= 0.6 is 0 Å². The molecule has 0 saturated carbocycles. The Morgan fingerprint density at radius 3 is 3.00 bits per heavy atom. The molecule has 4 nitrogen and oxygen atoms in total. The molecule has 0 atom stereocenters. The SMILES string of the molecule is Cc1nc(C)c2nccn2n1. The van der Waals surface area contributed by atoms with Crippen LogP contribution in [-0.4, -0.2) is 19.6 Å². The molecule has 0 aliphatic rings. The fourth-order valence-electron chi connectivity index (χ4n) is 1.11. The number of nitrogens with zero attached hydrogens (tertiary/aromatic N) is 4. The summed E-state index contributed by atoms with van der Waals surface area (Å²) in [6.07, 6.45) is 3.54. The van der Waals surface area contributed by atoms with E-state index >= 15 is 0 Å². The zero-order chi connectivity index (χ0) is 7.84. The Morgan fingerprint density at radius 2 is 2.18 bits per heavy atom. The Kier molecular flexibility index (Phi) is 1.15. The van der Waals surface area contributed by atoms with Crippen LogP contribution in [0.2, 0.25) is 0 Å². The van der Waals surface area contributed by atoms with Crippen LogP contribution < -0.4 is 0 Å². The van der Waals surface area contributed by atoms with Crippen LogP contribution in [0.5, 0.6) is 0 Å². The van der Waals surface area contributed by atoms with Crippen molar-refractivity contribution in [1.29, 1.82) is 0 Å². The van der Waals surface area contributed by atoms with Crippen LogP contribution in [0.3, 0.4) is 0 Å². The lowest BCUT2D eigenvalue weighted by Gasteiger charge is -1.96. The van der Waals surface area contributed by atoms with Gasteiger partial charge >= 0.3 is 0 Å². The standard InChI is InChI=1S/C7H8N4/c1-5-7-8-3-4-11(7)10-6(2)9-5/h3-4H,1-2H3.